The van der Waals surface area contributed by atoms with Crippen molar-refractivity contribution in [3.8, 4) is 11.5 Å². The van der Waals surface area contributed by atoms with Crippen LogP contribution in [-0.2, 0) is 16.0 Å². The third-order valence-corrected chi connectivity index (χ3v) is 5.70. The maximum Gasteiger partial charge on any atom is 0.338 e. The van der Waals surface area contributed by atoms with Crippen molar-refractivity contribution in [2.45, 2.75) is 26.2 Å². The monoisotopic (exact) mass is 420 g/mol. The predicted molar refractivity (Wildman–Crippen MR) is 120 cm³/mol. The lowest BCUT2D eigenvalue weighted by atomic mass is 9.89. The summed E-state index contributed by atoms with van der Waals surface area (Å²) in [6.45, 7) is 2.17. The van der Waals surface area contributed by atoms with Crippen LogP contribution in [0.1, 0.15) is 41.3 Å². The Bertz CT molecular complexity index is 1020. The van der Waals surface area contributed by atoms with Crippen LogP contribution in [0.2, 0.25) is 0 Å². The molecule has 5 nitrogen and oxygen atoms in total. The first kappa shape index (κ1) is 22.3. The summed E-state index contributed by atoms with van der Waals surface area (Å²) in [5, 5.41) is 0. The molecule has 0 heterocycles. The van der Waals surface area contributed by atoms with Crippen molar-refractivity contribution in [1.82, 2.24) is 0 Å². The van der Waals surface area contributed by atoms with Crippen LogP contribution in [0.25, 0.3) is 5.57 Å². The van der Waals surface area contributed by atoms with Crippen LogP contribution in [0.4, 0.5) is 0 Å². The second-order valence-electron chi connectivity index (χ2n) is 7.52. The van der Waals surface area contributed by atoms with Crippen molar-refractivity contribution in [3.05, 3.63) is 76.9 Å². The fourth-order valence-corrected chi connectivity index (χ4v) is 3.91. The SMILES string of the molecule is COC(=O)c1cc(OC)c(OC)cc1CC(=O)CCC1=CC=C(c2ccccc2)C1C. The van der Waals surface area contributed by atoms with Gasteiger partial charge in [0, 0.05) is 18.8 Å². The van der Waals surface area contributed by atoms with Crippen LogP contribution in [0, 0.1) is 5.92 Å². The second-order valence-corrected chi connectivity index (χ2v) is 7.52. The van der Waals surface area contributed by atoms with Crippen LogP contribution in [0.15, 0.2) is 60.2 Å². The van der Waals surface area contributed by atoms with Gasteiger partial charge in [-0.15, -0.1) is 0 Å². The summed E-state index contributed by atoms with van der Waals surface area (Å²) in [5.74, 6) is 0.721. The molecule has 3 rings (SSSR count). The van der Waals surface area contributed by atoms with E-state index in [1.807, 2.05) is 18.2 Å². The van der Waals surface area contributed by atoms with Gasteiger partial charge in [-0.3, -0.25) is 4.79 Å². The number of Topliss-reactive ketones (excluding diaryl/α,β-unsaturated/α-hetero) is 1. The minimum absolute atomic E-state index is 0.0543. The number of benzene rings is 2. The summed E-state index contributed by atoms with van der Waals surface area (Å²) in [4.78, 5) is 25.0. The fraction of sp³-hybridized carbons (Fsp3) is 0.308. The van der Waals surface area contributed by atoms with Crippen LogP contribution in [0.5, 0.6) is 11.5 Å². The average Bonchev–Trinajstić information content (AvgIpc) is 3.17. The highest BCUT2D eigenvalue weighted by Crippen LogP contribution is 2.36. The molecule has 0 fully saturated rings. The first-order chi connectivity index (χ1) is 15.0. The lowest BCUT2D eigenvalue weighted by molar-refractivity contribution is -0.118. The quantitative estimate of drug-likeness (QED) is 0.532. The first-order valence-corrected chi connectivity index (χ1v) is 10.3. The molecule has 0 aromatic heterocycles. The minimum atomic E-state index is -0.507. The van der Waals surface area contributed by atoms with Crippen LogP contribution >= 0.6 is 0 Å². The van der Waals surface area contributed by atoms with E-state index in [4.69, 9.17) is 14.2 Å². The van der Waals surface area contributed by atoms with Crippen molar-refractivity contribution in [2.24, 2.45) is 5.92 Å². The van der Waals surface area contributed by atoms with Gasteiger partial charge in [-0.05, 0) is 35.3 Å². The standard InChI is InChI=1S/C26H28O5/c1-17-18(11-13-22(17)19-8-6-5-7-9-19)10-12-21(27)14-20-15-24(29-2)25(30-3)16-23(20)26(28)31-4/h5-9,11,13,15-17H,10,12,14H2,1-4H3. The highest BCUT2D eigenvalue weighted by molar-refractivity contribution is 5.94. The molecule has 0 spiro atoms. The Hall–Kier alpha value is -3.34. The Balaban J connectivity index is 1.67. The average molecular weight is 421 g/mol. The topological polar surface area (TPSA) is 61.8 Å². The molecule has 0 saturated carbocycles. The molecule has 1 aliphatic carbocycles. The van der Waals surface area contributed by atoms with Crippen LogP contribution < -0.4 is 9.47 Å². The number of methoxy groups -OCH3 is 3. The molecule has 31 heavy (non-hydrogen) atoms. The van der Waals surface area contributed by atoms with Gasteiger partial charge in [-0.25, -0.2) is 4.79 Å². The summed E-state index contributed by atoms with van der Waals surface area (Å²) in [7, 11) is 4.33. The molecule has 0 N–H and O–H groups in total. The molecule has 1 atom stereocenters. The maximum absolute atomic E-state index is 12.8. The van der Waals surface area contributed by atoms with E-state index in [0.717, 1.165) is 0 Å². The molecule has 2 aromatic carbocycles. The molecular weight excluding hydrogens is 392 g/mol. The number of carbonyl (C=O) groups excluding carboxylic acids is 2. The summed E-state index contributed by atoms with van der Waals surface area (Å²) in [6.07, 6.45) is 5.49. The largest absolute Gasteiger partial charge is 0.493 e. The van der Waals surface area contributed by atoms with Gasteiger partial charge in [-0.2, -0.15) is 0 Å². The van der Waals surface area contributed by atoms with E-state index < -0.39 is 5.97 Å². The van der Waals surface area contributed by atoms with Crippen LogP contribution in [-0.4, -0.2) is 33.1 Å². The van der Waals surface area contributed by atoms with E-state index in [0.29, 0.717) is 35.5 Å². The molecule has 2 aromatic rings. The van der Waals surface area contributed by atoms with Crippen molar-refractivity contribution < 1.29 is 23.8 Å². The van der Waals surface area contributed by atoms with Gasteiger partial charge >= 0.3 is 5.97 Å². The van der Waals surface area contributed by atoms with Crippen LogP contribution in [0.3, 0.4) is 0 Å². The van der Waals surface area contributed by atoms with Gasteiger partial charge in [0.1, 0.15) is 5.78 Å². The molecule has 1 aliphatic rings. The number of carbonyl (C=O) groups is 2. The van der Waals surface area contributed by atoms with E-state index >= 15 is 0 Å². The molecule has 0 saturated heterocycles. The van der Waals surface area contributed by atoms with Gasteiger partial charge in [0.05, 0.1) is 26.9 Å². The van der Waals surface area contributed by atoms with E-state index in [2.05, 4.69) is 31.2 Å². The molecular formula is C26H28O5. The maximum atomic E-state index is 12.8. The van der Waals surface area contributed by atoms with Crippen molar-refractivity contribution in [2.75, 3.05) is 21.3 Å². The Morgan fingerprint density at radius 1 is 0.935 bits per heavy atom. The Kier molecular flexibility index (Phi) is 7.29. The van der Waals surface area contributed by atoms with E-state index in [1.165, 1.54) is 38.0 Å². The van der Waals surface area contributed by atoms with Crippen molar-refractivity contribution >= 4 is 17.3 Å². The van der Waals surface area contributed by atoms with E-state index in [9.17, 15) is 9.59 Å². The van der Waals surface area contributed by atoms with E-state index in [1.54, 1.807) is 12.1 Å². The predicted octanol–water partition coefficient (Wildman–Crippen LogP) is 5.04. The van der Waals surface area contributed by atoms with Gasteiger partial charge in [0.25, 0.3) is 0 Å². The summed E-state index contributed by atoms with van der Waals surface area (Å²) >= 11 is 0. The number of esters is 1. The third kappa shape index (κ3) is 5.05. The number of hydrogen-bond acceptors (Lipinski definition) is 5. The zero-order chi connectivity index (χ0) is 22.4. The Morgan fingerprint density at radius 2 is 1.61 bits per heavy atom. The Morgan fingerprint density at radius 3 is 2.26 bits per heavy atom. The zero-order valence-corrected chi connectivity index (χ0v) is 18.4. The lowest BCUT2D eigenvalue weighted by Crippen LogP contribution is -2.12. The Labute approximate surface area is 183 Å². The second kappa shape index (κ2) is 10.1. The highest BCUT2D eigenvalue weighted by atomic mass is 16.5. The van der Waals surface area contributed by atoms with E-state index in [-0.39, 0.29) is 18.1 Å². The van der Waals surface area contributed by atoms with Crippen molar-refractivity contribution in [1.29, 1.82) is 0 Å². The molecule has 0 aliphatic heterocycles. The number of rotatable bonds is 9. The third-order valence-electron chi connectivity index (χ3n) is 5.70. The number of ether oxygens (including phenoxy) is 3. The molecule has 1 unspecified atom stereocenters. The number of allylic oxidation sites excluding steroid dienone is 4. The highest BCUT2D eigenvalue weighted by Gasteiger charge is 2.22. The van der Waals surface area contributed by atoms with Gasteiger partial charge in [0.15, 0.2) is 11.5 Å². The summed E-state index contributed by atoms with van der Waals surface area (Å²) in [5.41, 5.74) is 4.62. The normalized spacial score (nSPS) is 15.2. The molecule has 162 valence electrons. The first-order valence-electron chi connectivity index (χ1n) is 10.3. The number of hydrogen-bond donors (Lipinski definition) is 0. The zero-order valence-electron chi connectivity index (χ0n) is 18.4. The molecule has 0 amide bonds. The van der Waals surface area contributed by atoms with Crippen molar-refractivity contribution in [3.63, 3.8) is 0 Å². The molecule has 5 heteroatoms. The van der Waals surface area contributed by atoms with Gasteiger partial charge in [-0.1, -0.05) is 55.0 Å². The summed E-state index contributed by atoms with van der Waals surface area (Å²) < 4.78 is 15.5. The summed E-state index contributed by atoms with van der Waals surface area (Å²) in [6, 6.07) is 13.5. The van der Waals surface area contributed by atoms with Gasteiger partial charge < -0.3 is 14.2 Å². The lowest BCUT2D eigenvalue weighted by Gasteiger charge is -2.16. The smallest absolute Gasteiger partial charge is 0.338 e. The van der Waals surface area contributed by atoms with Gasteiger partial charge in [0.2, 0.25) is 0 Å². The molecule has 0 bridgehead atoms. The molecule has 0 radical (unpaired) electrons. The minimum Gasteiger partial charge on any atom is -0.493 e. The number of ketones is 1. The fourth-order valence-electron chi connectivity index (χ4n) is 3.91.